The standard InChI is InChI=1S/C12H18Cl2FN/c1-8(13)9(14)6-10(16)11-2-4-12(15,7-11)5-3-11/h10H,2-7,16H2,1H3/b9-8-. The molecule has 0 aromatic rings. The predicted octanol–water partition coefficient (Wildman–Crippen LogP) is 4.09. The van der Waals surface area contributed by atoms with E-state index in [1.807, 2.05) is 0 Å². The van der Waals surface area contributed by atoms with Crippen molar-refractivity contribution in [3.63, 3.8) is 0 Å². The number of allylic oxidation sites excluding steroid dienone is 1. The highest BCUT2D eigenvalue weighted by atomic mass is 35.5. The Labute approximate surface area is 106 Å². The molecule has 0 radical (unpaired) electrons. The molecule has 1 nitrogen and oxygen atoms in total. The molecule has 0 aliphatic heterocycles. The second kappa shape index (κ2) is 4.15. The lowest BCUT2D eigenvalue weighted by molar-refractivity contribution is 0.175. The molecule has 2 bridgehead atoms. The van der Waals surface area contributed by atoms with Gasteiger partial charge in [0.1, 0.15) is 5.67 Å². The highest BCUT2D eigenvalue weighted by Crippen LogP contribution is 2.60. The molecule has 2 rings (SSSR count). The molecule has 2 fully saturated rings. The Balaban J connectivity index is 2.06. The van der Waals surface area contributed by atoms with Gasteiger partial charge in [0.15, 0.2) is 0 Å². The first kappa shape index (κ1) is 12.7. The Morgan fingerprint density at radius 2 is 1.88 bits per heavy atom. The van der Waals surface area contributed by atoms with E-state index in [0.717, 1.165) is 12.8 Å². The van der Waals surface area contributed by atoms with E-state index >= 15 is 0 Å². The molecule has 0 aromatic heterocycles. The maximum atomic E-state index is 14.1. The molecule has 0 saturated heterocycles. The Bertz CT molecular complexity index is 315. The lowest BCUT2D eigenvalue weighted by Crippen LogP contribution is -2.38. The van der Waals surface area contributed by atoms with Gasteiger partial charge in [-0.3, -0.25) is 0 Å². The third-order valence-corrected chi connectivity index (χ3v) is 5.13. The van der Waals surface area contributed by atoms with Gasteiger partial charge in [-0.2, -0.15) is 0 Å². The summed E-state index contributed by atoms with van der Waals surface area (Å²) < 4.78 is 14.1. The summed E-state index contributed by atoms with van der Waals surface area (Å²) in [7, 11) is 0. The van der Waals surface area contributed by atoms with Crippen molar-refractivity contribution in [1.29, 1.82) is 0 Å². The summed E-state index contributed by atoms with van der Waals surface area (Å²) in [6.45, 7) is 1.76. The molecule has 16 heavy (non-hydrogen) atoms. The Kier molecular flexibility index (Phi) is 3.28. The molecular formula is C12H18Cl2FN. The zero-order valence-electron chi connectivity index (χ0n) is 9.53. The van der Waals surface area contributed by atoms with Gasteiger partial charge in [0.2, 0.25) is 0 Å². The number of rotatable bonds is 3. The van der Waals surface area contributed by atoms with E-state index in [1.165, 1.54) is 0 Å². The predicted molar refractivity (Wildman–Crippen MR) is 66.4 cm³/mol. The van der Waals surface area contributed by atoms with Gasteiger partial charge in [0, 0.05) is 16.1 Å². The number of halogens is 3. The average Bonchev–Trinajstić information content (AvgIpc) is 2.72. The van der Waals surface area contributed by atoms with Crippen LogP contribution in [-0.2, 0) is 0 Å². The fraction of sp³-hybridized carbons (Fsp3) is 0.833. The van der Waals surface area contributed by atoms with Crippen molar-refractivity contribution in [1.82, 2.24) is 0 Å². The first-order chi connectivity index (χ1) is 7.37. The van der Waals surface area contributed by atoms with Gasteiger partial charge in [-0.25, -0.2) is 4.39 Å². The Morgan fingerprint density at radius 3 is 2.25 bits per heavy atom. The molecule has 0 spiro atoms. The van der Waals surface area contributed by atoms with Crippen molar-refractivity contribution in [2.45, 2.75) is 57.2 Å². The highest BCUT2D eigenvalue weighted by Gasteiger charge is 2.57. The summed E-state index contributed by atoms with van der Waals surface area (Å²) in [5.74, 6) is 0. The van der Waals surface area contributed by atoms with Crippen LogP contribution in [-0.4, -0.2) is 11.7 Å². The lowest BCUT2D eigenvalue weighted by atomic mass is 9.76. The molecule has 2 saturated carbocycles. The van der Waals surface area contributed by atoms with Crippen LogP contribution >= 0.6 is 23.2 Å². The Morgan fingerprint density at radius 1 is 1.31 bits per heavy atom. The zero-order valence-corrected chi connectivity index (χ0v) is 11.0. The van der Waals surface area contributed by atoms with Gasteiger partial charge >= 0.3 is 0 Å². The smallest absolute Gasteiger partial charge is 0.111 e. The van der Waals surface area contributed by atoms with E-state index in [4.69, 9.17) is 28.9 Å². The van der Waals surface area contributed by atoms with Gasteiger partial charge in [0.05, 0.1) is 0 Å². The van der Waals surface area contributed by atoms with E-state index in [1.54, 1.807) is 6.92 Å². The van der Waals surface area contributed by atoms with Crippen LogP contribution in [0.5, 0.6) is 0 Å². The number of hydrogen-bond donors (Lipinski definition) is 1. The second-order valence-corrected chi connectivity index (χ2v) is 6.46. The number of fused-ring (bicyclic) bond motifs is 2. The zero-order chi connectivity index (χ0) is 12.0. The largest absolute Gasteiger partial charge is 0.327 e. The van der Waals surface area contributed by atoms with Crippen LogP contribution in [0.1, 0.15) is 45.4 Å². The molecule has 0 amide bonds. The van der Waals surface area contributed by atoms with Crippen LogP contribution in [0.4, 0.5) is 4.39 Å². The number of nitrogens with two attached hydrogens (primary N) is 1. The van der Waals surface area contributed by atoms with E-state index in [2.05, 4.69) is 0 Å². The van der Waals surface area contributed by atoms with Crippen LogP contribution in [0.2, 0.25) is 0 Å². The van der Waals surface area contributed by atoms with Crippen molar-refractivity contribution in [2.75, 3.05) is 0 Å². The summed E-state index contributed by atoms with van der Waals surface area (Å²) in [5, 5.41) is 1.21. The molecule has 92 valence electrons. The minimum atomic E-state index is -0.941. The molecule has 2 aliphatic rings. The van der Waals surface area contributed by atoms with Crippen LogP contribution in [0.25, 0.3) is 0 Å². The van der Waals surface area contributed by atoms with Gasteiger partial charge in [-0.1, -0.05) is 23.2 Å². The van der Waals surface area contributed by atoms with Gasteiger partial charge < -0.3 is 5.73 Å². The maximum Gasteiger partial charge on any atom is 0.111 e. The van der Waals surface area contributed by atoms with E-state index in [0.29, 0.717) is 35.7 Å². The van der Waals surface area contributed by atoms with Gasteiger partial charge in [0.25, 0.3) is 0 Å². The van der Waals surface area contributed by atoms with Crippen LogP contribution in [0, 0.1) is 5.41 Å². The second-order valence-electron chi connectivity index (χ2n) is 5.44. The highest BCUT2D eigenvalue weighted by molar-refractivity contribution is 6.38. The molecule has 2 N–H and O–H groups in total. The first-order valence-electron chi connectivity index (χ1n) is 5.82. The van der Waals surface area contributed by atoms with Gasteiger partial charge in [-0.05, 0) is 50.9 Å². The topological polar surface area (TPSA) is 26.0 Å². The number of alkyl halides is 1. The lowest BCUT2D eigenvalue weighted by Gasteiger charge is -2.33. The third kappa shape index (κ3) is 2.12. The summed E-state index contributed by atoms with van der Waals surface area (Å²) in [6, 6.07) is -0.0613. The Hall–Kier alpha value is 0.210. The van der Waals surface area contributed by atoms with Crippen molar-refractivity contribution in [3.8, 4) is 0 Å². The molecule has 2 aliphatic carbocycles. The third-order valence-electron chi connectivity index (χ3n) is 4.37. The molecule has 1 atom stereocenters. The van der Waals surface area contributed by atoms with Gasteiger partial charge in [-0.15, -0.1) is 0 Å². The van der Waals surface area contributed by atoms with Crippen molar-refractivity contribution < 1.29 is 4.39 Å². The van der Waals surface area contributed by atoms with Crippen molar-refractivity contribution in [3.05, 3.63) is 10.1 Å². The summed E-state index contributed by atoms with van der Waals surface area (Å²) in [5.41, 5.74) is 5.24. The molecule has 4 heteroatoms. The fourth-order valence-electron chi connectivity index (χ4n) is 3.23. The average molecular weight is 266 g/mol. The molecule has 1 unspecified atom stereocenters. The molecule has 0 heterocycles. The SMILES string of the molecule is C/C(Cl)=C(/Cl)CC(N)C12CCC(F)(CC1)C2. The van der Waals surface area contributed by atoms with Crippen molar-refractivity contribution in [2.24, 2.45) is 11.1 Å². The molecular weight excluding hydrogens is 248 g/mol. The first-order valence-corrected chi connectivity index (χ1v) is 6.58. The quantitative estimate of drug-likeness (QED) is 0.818. The van der Waals surface area contributed by atoms with Crippen LogP contribution in [0.15, 0.2) is 10.1 Å². The normalized spacial score (nSPS) is 41.1. The number of hydrogen-bond acceptors (Lipinski definition) is 1. The van der Waals surface area contributed by atoms with Crippen molar-refractivity contribution >= 4 is 23.2 Å². The minimum Gasteiger partial charge on any atom is -0.327 e. The fourth-order valence-corrected chi connectivity index (χ4v) is 3.48. The van der Waals surface area contributed by atoms with Crippen LogP contribution < -0.4 is 5.73 Å². The monoisotopic (exact) mass is 265 g/mol. The summed E-state index contributed by atoms with van der Waals surface area (Å²) >= 11 is 11.9. The van der Waals surface area contributed by atoms with E-state index < -0.39 is 5.67 Å². The summed E-state index contributed by atoms with van der Waals surface area (Å²) in [4.78, 5) is 0. The summed E-state index contributed by atoms with van der Waals surface area (Å²) in [6.07, 6.45) is 4.33. The minimum absolute atomic E-state index is 0.0266. The van der Waals surface area contributed by atoms with E-state index in [9.17, 15) is 4.39 Å². The molecule has 0 aromatic carbocycles. The van der Waals surface area contributed by atoms with E-state index in [-0.39, 0.29) is 11.5 Å². The maximum absolute atomic E-state index is 14.1. The van der Waals surface area contributed by atoms with Crippen LogP contribution in [0.3, 0.4) is 0 Å².